The molecule has 1 fully saturated rings. The summed E-state index contributed by atoms with van der Waals surface area (Å²) in [5, 5.41) is 13.0. The summed E-state index contributed by atoms with van der Waals surface area (Å²) in [4.78, 5) is 13.8. The number of pyridine rings is 1. The second-order valence-electron chi connectivity index (χ2n) is 4.29. The second kappa shape index (κ2) is 5.30. The van der Waals surface area contributed by atoms with Crippen molar-refractivity contribution in [2.75, 3.05) is 17.6 Å². The lowest BCUT2D eigenvalue weighted by Gasteiger charge is -2.11. The van der Waals surface area contributed by atoms with Gasteiger partial charge in [0.1, 0.15) is 12.0 Å². The number of nitro groups is 1. The van der Waals surface area contributed by atoms with Crippen molar-refractivity contribution < 1.29 is 13.3 Å². The molecule has 2 rings (SSSR count). The number of anilines is 1. The Morgan fingerprint density at radius 2 is 2.32 bits per heavy atom. The molecule has 19 heavy (non-hydrogen) atoms. The fourth-order valence-electron chi connectivity index (χ4n) is 1.96. The Labute approximate surface area is 115 Å². The van der Waals surface area contributed by atoms with E-state index in [4.69, 9.17) is 11.6 Å². The van der Waals surface area contributed by atoms with Gasteiger partial charge >= 0.3 is 0 Å². The number of halogens is 1. The van der Waals surface area contributed by atoms with Gasteiger partial charge in [-0.3, -0.25) is 10.1 Å². The number of sulfone groups is 1. The number of hydrogen-bond donors (Lipinski definition) is 1. The van der Waals surface area contributed by atoms with Crippen LogP contribution in [0.15, 0.2) is 12.3 Å². The molecule has 0 saturated carbocycles. The summed E-state index contributed by atoms with van der Waals surface area (Å²) >= 11 is 5.85. The van der Waals surface area contributed by atoms with Gasteiger partial charge in [0.2, 0.25) is 0 Å². The zero-order valence-corrected chi connectivity index (χ0v) is 11.4. The summed E-state index contributed by atoms with van der Waals surface area (Å²) in [6, 6.07) is 1.18. The first kappa shape index (κ1) is 14.0. The smallest absolute Gasteiger partial charge is 0.289 e. The summed E-state index contributed by atoms with van der Waals surface area (Å²) in [5.74, 6) is 0.468. The first-order valence-electron chi connectivity index (χ1n) is 5.65. The molecular formula is C10H12ClN3O4S. The molecule has 1 saturated heterocycles. The van der Waals surface area contributed by atoms with Gasteiger partial charge < -0.3 is 5.32 Å². The maximum atomic E-state index is 11.6. The van der Waals surface area contributed by atoms with E-state index in [1.165, 1.54) is 6.07 Å². The molecule has 1 aliphatic heterocycles. The van der Waals surface area contributed by atoms with Crippen LogP contribution in [0.3, 0.4) is 0 Å². The molecule has 1 aromatic heterocycles. The Bertz CT molecular complexity index is 605. The average Bonchev–Trinajstić information content (AvgIpc) is 2.66. The van der Waals surface area contributed by atoms with Gasteiger partial charge in [0.05, 0.1) is 20.9 Å². The molecule has 0 aromatic carbocycles. The lowest BCUT2D eigenvalue weighted by Crippen LogP contribution is -2.25. The maximum absolute atomic E-state index is 11.6. The minimum atomic E-state index is -3.03. The van der Waals surface area contributed by atoms with E-state index in [1.54, 1.807) is 0 Å². The third-order valence-electron chi connectivity index (χ3n) is 3.00. The lowest BCUT2D eigenvalue weighted by atomic mass is 10.2. The van der Waals surface area contributed by atoms with Crippen molar-refractivity contribution in [1.29, 1.82) is 0 Å². The highest BCUT2D eigenvalue weighted by Crippen LogP contribution is 2.25. The molecule has 0 bridgehead atoms. The molecule has 0 aliphatic carbocycles. The van der Waals surface area contributed by atoms with E-state index in [0.717, 1.165) is 6.20 Å². The molecule has 2 heterocycles. The van der Waals surface area contributed by atoms with Crippen molar-refractivity contribution in [1.82, 2.24) is 4.98 Å². The summed E-state index contributed by atoms with van der Waals surface area (Å²) in [5.41, 5.74) is -0.205. The van der Waals surface area contributed by atoms with Gasteiger partial charge in [-0.15, -0.1) is 0 Å². The first-order chi connectivity index (χ1) is 8.90. The number of nitrogens with one attached hydrogen (secondary N) is 1. The first-order valence-corrected chi connectivity index (χ1v) is 7.75. The normalized spacial score (nSPS) is 21.2. The van der Waals surface area contributed by atoms with Crippen molar-refractivity contribution in [2.45, 2.75) is 18.1 Å². The van der Waals surface area contributed by atoms with Gasteiger partial charge in [0.15, 0.2) is 9.84 Å². The Morgan fingerprint density at radius 3 is 2.84 bits per heavy atom. The number of aromatic nitrogens is 1. The minimum Gasteiger partial charge on any atom is -0.368 e. The summed E-state index contributed by atoms with van der Waals surface area (Å²) in [6.07, 6.45) is 2.35. The molecule has 1 unspecified atom stereocenters. The monoisotopic (exact) mass is 305 g/mol. The van der Waals surface area contributed by atoms with E-state index in [0.29, 0.717) is 12.8 Å². The van der Waals surface area contributed by atoms with Crippen molar-refractivity contribution in [3.8, 4) is 0 Å². The Kier molecular flexibility index (Phi) is 3.91. The number of hydrogen-bond acceptors (Lipinski definition) is 6. The summed E-state index contributed by atoms with van der Waals surface area (Å²) < 4.78 is 23.3. The third-order valence-corrected chi connectivity index (χ3v) is 5.56. The van der Waals surface area contributed by atoms with Crippen LogP contribution in [0, 0.1) is 10.1 Å². The van der Waals surface area contributed by atoms with Crippen LogP contribution < -0.4 is 5.32 Å². The van der Waals surface area contributed by atoms with Gasteiger partial charge in [-0.1, -0.05) is 11.6 Å². The zero-order valence-electron chi connectivity index (χ0n) is 9.87. The van der Waals surface area contributed by atoms with Gasteiger partial charge in [0.25, 0.3) is 5.69 Å². The molecule has 1 aromatic rings. The van der Waals surface area contributed by atoms with Gasteiger partial charge in [-0.2, -0.15) is 0 Å². The fraction of sp³-hybridized carbons (Fsp3) is 0.500. The average molecular weight is 306 g/mol. The number of rotatable bonds is 4. The van der Waals surface area contributed by atoms with Crippen LogP contribution in [0.1, 0.15) is 12.8 Å². The fourth-order valence-corrected chi connectivity index (χ4v) is 3.95. The molecule has 104 valence electrons. The van der Waals surface area contributed by atoms with Crippen LogP contribution in [0.2, 0.25) is 5.02 Å². The van der Waals surface area contributed by atoms with Crippen LogP contribution in [0.5, 0.6) is 0 Å². The topological polar surface area (TPSA) is 102 Å². The quantitative estimate of drug-likeness (QED) is 0.670. The number of nitrogens with zero attached hydrogens (tertiary/aromatic N) is 2. The highest BCUT2D eigenvalue weighted by molar-refractivity contribution is 7.92. The summed E-state index contributed by atoms with van der Waals surface area (Å²) in [7, 11) is -3.03. The molecule has 1 N–H and O–H groups in total. The SMILES string of the molecule is O=[N+]([O-])c1cnc(NCC2CCCS2(=O)=O)c(Cl)c1. The van der Waals surface area contributed by atoms with Gasteiger partial charge in [0, 0.05) is 12.6 Å². The Balaban J connectivity index is 2.06. The van der Waals surface area contributed by atoms with Crippen molar-refractivity contribution in [3.63, 3.8) is 0 Å². The van der Waals surface area contributed by atoms with E-state index in [9.17, 15) is 18.5 Å². The Hall–Kier alpha value is -1.41. The maximum Gasteiger partial charge on any atom is 0.289 e. The Morgan fingerprint density at radius 1 is 1.58 bits per heavy atom. The van der Waals surface area contributed by atoms with Crippen LogP contribution in [0.25, 0.3) is 0 Å². The van der Waals surface area contributed by atoms with E-state index < -0.39 is 20.0 Å². The molecule has 1 atom stereocenters. The van der Waals surface area contributed by atoms with E-state index >= 15 is 0 Å². The van der Waals surface area contributed by atoms with Gasteiger partial charge in [-0.25, -0.2) is 13.4 Å². The van der Waals surface area contributed by atoms with Crippen LogP contribution in [0.4, 0.5) is 11.5 Å². The summed E-state index contributed by atoms with van der Waals surface area (Å²) in [6.45, 7) is 0.215. The zero-order chi connectivity index (χ0) is 14.0. The highest BCUT2D eigenvalue weighted by atomic mass is 35.5. The van der Waals surface area contributed by atoms with Crippen LogP contribution in [-0.2, 0) is 9.84 Å². The van der Waals surface area contributed by atoms with Gasteiger partial charge in [-0.05, 0) is 12.8 Å². The molecule has 0 amide bonds. The van der Waals surface area contributed by atoms with E-state index in [-0.39, 0.29) is 28.8 Å². The van der Waals surface area contributed by atoms with Crippen LogP contribution in [-0.4, -0.2) is 35.9 Å². The largest absolute Gasteiger partial charge is 0.368 e. The second-order valence-corrected chi connectivity index (χ2v) is 7.10. The highest BCUT2D eigenvalue weighted by Gasteiger charge is 2.31. The predicted octanol–water partition coefficient (Wildman–Crippen LogP) is 1.63. The molecule has 7 nitrogen and oxygen atoms in total. The molecule has 1 aliphatic rings. The lowest BCUT2D eigenvalue weighted by molar-refractivity contribution is -0.385. The molecule has 9 heteroatoms. The molecule has 0 radical (unpaired) electrons. The molecule has 0 spiro atoms. The van der Waals surface area contributed by atoms with Crippen LogP contribution >= 0.6 is 11.6 Å². The third kappa shape index (κ3) is 3.13. The van der Waals surface area contributed by atoms with E-state index in [2.05, 4.69) is 10.3 Å². The molecular weight excluding hydrogens is 294 g/mol. The van der Waals surface area contributed by atoms with Crippen molar-refractivity contribution in [2.24, 2.45) is 0 Å². The van der Waals surface area contributed by atoms with Crippen molar-refractivity contribution in [3.05, 3.63) is 27.4 Å². The standard InChI is InChI=1S/C10H12ClN3O4S/c11-9-4-7(14(15)16)5-12-10(9)13-6-8-2-1-3-19(8,17)18/h4-5,8H,1-3,6H2,(H,12,13). The minimum absolute atomic E-state index is 0.101. The predicted molar refractivity (Wildman–Crippen MR) is 71.2 cm³/mol. The van der Waals surface area contributed by atoms with E-state index in [1.807, 2.05) is 0 Å². The van der Waals surface area contributed by atoms with Crippen molar-refractivity contribution >= 4 is 32.9 Å².